The number of carbonyl (C=O) groups is 1. The highest BCUT2D eigenvalue weighted by Crippen LogP contribution is 2.17. The lowest BCUT2D eigenvalue weighted by Gasteiger charge is -2.16. The monoisotopic (exact) mass is 282 g/mol. The van der Waals surface area contributed by atoms with Crippen LogP contribution in [0.25, 0.3) is 0 Å². The summed E-state index contributed by atoms with van der Waals surface area (Å²) in [7, 11) is 0. The maximum absolute atomic E-state index is 13.3. The van der Waals surface area contributed by atoms with Crippen LogP contribution in [-0.2, 0) is 0 Å². The smallest absolute Gasteiger partial charge is 0.319 e. The summed E-state index contributed by atoms with van der Waals surface area (Å²) in [6.45, 7) is 4.32. The van der Waals surface area contributed by atoms with E-state index in [1.807, 2.05) is 0 Å². The number of benzene rings is 1. The number of anilines is 1. The summed E-state index contributed by atoms with van der Waals surface area (Å²) in [6, 6.07) is 4.23. The third-order valence-electron chi connectivity index (χ3n) is 3.30. The number of carbonyl (C=O) groups excluding carboxylic acids is 1. The van der Waals surface area contributed by atoms with E-state index in [2.05, 4.69) is 17.6 Å². The topological polar surface area (TPSA) is 61.4 Å². The zero-order valence-corrected chi connectivity index (χ0v) is 12.1. The van der Waals surface area contributed by atoms with E-state index < -0.39 is 0 Å². The van der Waals surface area contributed by atoms with Crippen molar-refractivity contribution in [3.8, 4) is 0 Å². The molecule has 0 heterocycles. The number of urea groups is 1. The molecule has 0 bridgehead atoms. The highest BCUT2D eigenvalue weighted by Gasteiger charge is 2.11. The Bertz CT molecular complexity index is 432. The Labute approximate surface area is 119 Å². The second-order valence-corrected chi connectivity index (χ2v) is 4.91. The average Bonchev–Trinajstić information content (AvgIpc) is 2.42. The predicted octanol–water partition coefficient (Wildman–Crippen LogP) is 3.05. The summed E-state index contributed by atoms with van der Waals surface area (Å²) in [5.74, 6) is -0.0729. The highest BCUT2D eigenvalue weighted by atomic mass is 19.1. The van der Waals surface area contributed by atoms with E-state index in [0.717, 1.165) is 12.8 Å². The molecule has 5 heteroatoms. The molecule has 20 heavy (non-hydrogen) atoms. The van der Waals surface area contributed by atoms with Crippen LogP contribution < -0.4 is 10.6 Å². The summed E-state index contributed by atoms with van der Waals surface area (Å²) >= 11 is 0. The lowest BCUT2D eigenvalue weighted by Crippen LogP contribution is -2.33. The Morgan fingerprint density at radius 3 is 2.80 bits per heavy atom. The number of hydrogen-bond donors (Lipinski definition) is 3. The van der Waals surface area contributed by atoms with E-state index in [0.29, 0.717) is 24.2 Å². The van der Waals surface area contributed by atoms with Gasteiger partial charge in [-0.05, 0) is 37.8 Å². The van der Waals surface area contributed by atoms with Crippen molar-refractivity contribution in [3.05, 3.63) is 29.6 Å². The number of aliphatic hydroxyl groups is 1. The van der Waals surface area contributed by atoms with Gasteiger partial charge in [0.1, 0.15) is 5.82 Å². The number of aliphatic hydroxyl groups excluding tert-OH is 1. The Morgan fingerprint density at radius 2 is 2.15 bits per heavy atom. The van der Waals surface area contributed by atoms with Gasteiger partial charge in [0.25, 0.3) is 0 Å². The fourth-order valence-corrected chi connectivity index (χ4v) is 2.09. The maximum Gasteiger partial charge on any atom is 0.319 e. The van der Waals surface area contributed by atoms with Gasteiger partial charge in [-0.2, -0.15) is 0 Å². The molecule has 2 amide bonds. The van der Waals surface area contributed by atoms with Crippen molar-refractivity contribution in [2.24, 2.45) is 5.92 Å². The number of rotatable bonds is 7. The minimum absolute atomic E-state index is 0.122. The number of amides is 2. The fraction of sp³-hybridized carbons (Fsp3) is 0.533. The largest absolute Gasteiger partial charge is 0.396 e. The first-order valence-corrected chi connectivity index (χ1v) is 6.99. The Hall–Kier alpha value is -1.62. The third-order valence-corrected chi connectivity index (χ3v) is 3.30. The summed E-state index contributed by atoms with van der Waals surface area (Å²) < 4.78 is 13.3. The van der Waals surface area contributed by atoms with Gasteiger partial charge < -0.3 is 15.7 Å². The Morgan fingerprint density at radius 1 is 1.40 bits per heavy atom. The molecule has 112 valence electrons. The molecule has 1 unspecified atom stereocenters. The van der Waals surface area contributed by atoms with Gasteiger partial charge in [0.2, 0.25) is 0 Å². The Kier molecular flexibility index (Phi) is 7.01. The van der Waals surface area contributed by atoms with Crippen molar-refractivity contribution in [2.75, 3.05) is 18.5 Å². The molecule has 1 aromatic carbocycles. The summed E-state index contributed by atoms with van der Waals surface area (Å²) in [6.07, 6.45) is 2.64. The van der Waals surface area contributed by atoms with E-state index >= 15 is 0 Å². The van der Waals surface area contributed by atoms with Gasteiger partial charge in [-0.15, -0.1) is 0 Å². The predicted molar refractivity (Wildman–Crippen MR) is 78.3 cm³/mol. The molecule has 4 nitrogen and oxygen atoms in total. The molecule has 0 saturated carbocycles. The van der Waals surface area contributed by atoms with E-state index in [1.54, 1.807) is 19.1 Å². The van der Waals surface area contributed by atoms with Crippen LogP contribution in [0, 0.1) is 18.7 Å². The zero-order chi connectivity index (χ0) is 15.0. The van der Waals surface area contributed by atoms with Gasteiger partial charge in [0.05, 0.1) is 0 Å². The van der Waals surface area contributed by atoms with Crippen LogP contribution in [0.15, 0.2) is 18.2 Å². The summed E-state index contributed by atoms with van der Waals surface area (Å²) in [5.41, 5.74) is 0.889. The van der Waals surface area contributed by atoms with Crippen molar-refractivity contribution < 1.29 is 14.3 Å². The van der Waals surface area contributed by atoms with Crippen LogP contribution in [0.1, 0.15) is 31.7 Å². The van der Waals surface area contributed by atoms with Gasteiger partial charge >= 0.3 is 6.03 Å². The minimum Gasteiger partial charge on any atom is -0.396 e. The number of hydrogen-bond acceptors (Lipinski definition) is 2. The summed E-state index contributed by atoms with van der Waals surface area (Å²) in [4.78, 5) is 11.8. The Balaban J connectivity index is 2.48. The molecule has 1 rings (SSSR count). The van der Waals surface area contributed by atoms with Crippen LogP contribution in [0.4, 0.5) is 14.9 Å². The molecule has 0 aromatic heterocycles. The maximum atomic E-state index is 13.3. The van der Waals surface area contributed by atoms with Crippen LogP contribution >= 0.6 is 0 Å². The molecular weight excluding hydrogens is 259 g/mol. The van der Waals surface area contributed by atoms with Crippen LogP contribution in [-0.4, -0.2) is 24.3 Å². The molecule has 1 aromatic rings. The van der Waals surface area contributed by atoms with Gasteiger partial charge in [0, 0.05) is 24.4 Å². The van der Waals surface area contributed by atoms with Crippen molar-refractivity contribution >= 4 is 11.7 Å². The molecule has 0 radical (unpaired) electrons. The second kappa shape index (κ2) is 8.53. The van der Waals surface area contributed by atoms with Crippen molar-refractivity contribution in [3.63, 3.8) is 0 Å². The van der Waals surface area contributed by atoms with Gasteiger partial charge in [-0.1, -0.05) is 19.4 Å². The molecule has 0 aliphatic carbocycles. The SMILES string of the molecule is CCCC(CCO)CNC(=O)Nc1cccc(F)c1C. The third kappa shape index (κ3) is 5.17. The lowest BCUT2D eigenvalue weighted by atomic mass is 10.0. The summed E-state index contributed by atoms with van der Waals surface area (Å²) in [5, 5.41) is 14.4. The zero-order valence-electron chi connectivity index (χ0n) is 12.1. The van der Waals surface area contributed by atoms with Crippen LogP contribution in [0.2, 0.25) is 0 Å². The fourth-order valence-electron chi connectivity index (χ4n) is 2.09. The van der Waals surface area contributed by atoms with Gasteiger partial charge in [0.15, 0.2) is 0 Å². The van der Waals surface area contributed by atoms with Crippen molar-refractivity contribution in [1.82, 2.24) is 5.32 Å². The lowest BCUT2D eigenvalue weighted by molar-refractivity contribution is 0.236. The van der Waals surface area contributed by atoms with E-state index in [4.69, 9.17) is 5.11 Å². The van der Waals surface area contributed by atoms with Gasteiger partial charge in [-0.25, -0.2) is 9.18 Å². The molecule has 0 spiro atoms. The second-order valence-electron chi connectivity index (χ2n) is 4.91. The molecular formula is C15H23FN2O2. The standard InChI is InChI=1S/C15H23FN2O2/c1-3-5-12(8-9-19)10-17-15(20)18-14-7-4-6-13(16)11(14)2/h4,6-7,12,19H,3,5,8-10H2,1-2H3,(H2,17,18,20). The minimum atomic E-state index is -0.349. The molecule has 1 atom stereocenters. The normalized spacial score (nSPS) is 12.0. The average molecular weight is 282 g/mol. The van der Waals surface area contributed by atoms with Crippen LogP contribution in [0.5, 0.6) is 0 Å². The van der Waals surface area contributed by atoms with Crippen molar-refractivity contribution in [1.29, 1.82) is 0 Å². The van der Waals surface area contributed by atoms with E-state index in [9.17, 15) is 9.18 Å². The number of nitrogens with one attached hydrogen (secondary N) is 2. The molecule has 0 fully saturated rings. The molecule has 3 N–H and O–H groups in total. The quantitative estimate of drug-likeness (QED) is 0.720. The van der Waals surface area contributed by atoms with E-state index in [-0.39, 0.29) is 24.4 Å². The first kappa shape index (κ1) is 16.4. The molecule has 0 aliphatic rings. The first-order chi connectivity index (χ1) is 9.58. The first-order valence-electron chi connectivity index (χ1n) is 6.99. The van der Waals surface area contributed by atoms with Gasteiger partial charge in [-0.3, -0.25) is 0 Å². The van der Waals surface area contributed by atoms with E-state index in [1.165, 1.54) is 6.07 Å². The van der Waals surface area contributed by atoms with Crippen LogP contribution in [0.3, 0.4) is 0 Å². The molecule has 0 saturated heterocycles. The highest BCUT2D eigenvalue weighted by molar-refractivity contribution is 5.90. The molecule has 0 aliphatic heterocycles. The van der Waals surface area contributed by atoms with Crippen molar-refractivity contribution in [2.45, 2.75) is 33.1 Å². The number of halogens is 1.